The van der Waals surface area contributed by atoms with E-state index < -0.39 is 0 Å². The van der Waals surface area contributed by atoms with Gasteiger partial charge in [0, 0.05) is 36.0 Å². The molecule has 0 N–H and O–H groups in total. The van der Waals surface area contributed by atoms with Gasteiger partial charge in [-0.3, -0.25) is 9.48 Å². The van der Waals surface area contributed by atoms with Crippen molar-refractivity contribution in [3.8, 4) is 11.1 Å². The van der Waals surface area contributed by atoms with Gasteiger partial charge in [-0.2, -0.15) is 10.2 Å². The van der Waals surface area contributed by atoms with E-state index in [2.05, 4.69) is 51.3 Å². The smallest absolute Gasteiger partial charge is 0.274 e. The molecule has 5 rings (SSSR count). The summed E-state index contributed by atoms with van der Waals surface area (Å²) in [6, 6.07) is 12.1. The van der Waals surface area contributed by atoms with Crippen molar-refractivity contribution >= 4 is 27.4 Å². The maximum atomic E-state index is 13.3. The second-order valence-corrected chi connectivity index (χ2v) is 8.36. The third-order valence-electron chi connectivity index (χ3n) is 5.65. The van der Waals surface area contributed by atoms with Crippen LogP contribution in [0, 0.1) is 0 Å². The Labute approximate surface area is 176 Å². The van der Waals surface area contributed by atoms with Gasteiger partial charge in [-0.15, -0.1) is 0 Å². The van der Waals surface area contributed by atoms with E-state index in [1.165, 1.54) is 16.7 Å². The predicted molar refractivity (Wildman–Crippen MR) is 115 cm³/mol. The number of benzene rings is 1. The number of halogens is 1. The summed E-state index contributed by atoms with van der Waals surface area (Å²) in [7, 11) is 1.93. The molecule has 1 aliphatic heterocycles. The van der Waals surface area contributed by atoms with Crippen molar-refractivity contribution in [2.24, 2.45) is 7.05 Å². The summed E-state index contributed by atoms with van der Waals surface area (Å²) in [6.45, 7) is 2.76. The standard InChI is InChI=1S/C22H20BrN5O/c1-14-18-4-3-5-19(15-11-24-26(2)12-15)20(18)8-9-27(14)22(29)21-10-17-7-6-16(23)13-28(17)25-21/h3-7,10-14H,8-9H2,1-2H3. The molecule has 0 saturated carbocycles. The quantitative estimate of drug-likeness (QED) is 0.459. The number of nitrogens with zero attached hydrogens (tertiary/aromatic N) is 5. The summed E-state index contributed by atoms with van der Waals surface area (Å²) >= 11 is 3.45. The number of aromatic nitrogens is 4. The Morgan fingerprint density at radius 3 is 2.86 bits per heavy atom. The van der Waals surface area contributed by atoms with Gasteiger partial charge in [0.25, 0.3) is 5.91 Å². The first kappa shape index (κ1) is 18.1. The van der Waals surface area contributed by atoms with Crippen LogP contribution in [0.5, 0.6) is 0 Å². The maximum Gasteiger partial charge on any atom is 0.274 e. The topological polar surface area (TPSA) is 55.4 Å². The molecule has 0 aliphatic carbocycles. The fraction of sp³-hybridized carbons (Fsp3) is 0.227. The van der Waals surface area contributed by atoms with Gasteiger partial charge in [-0.1, -0.05) is 18.2 Å². The molecule has 4 aromatic rings. The van der Waals surface area contributed by atoms with E-state index in [4.69, 9.17) is 0 Å². The second-order valence-electron chi connectivity index (χ2n) is 7.45. The number of carbonyl (C=O) groups excluding carboxylic acids is 1. The molecule has 29 heavy (non-hydrogen) atoms. The molecule has 4 heterocycles. The molecule has 7 heteroatoms. The molecule has 1 unspecified atom stereocenters. The highest BCUT2D eigenvalue weighted by Gasteiger charge is 2.31. The molecule has 0 radical (unpaired) electrons. The van der Waals surface area contributed by atoms with Gasteiger partial charge in [0.2, 0.25) is 0 Å². The van der Waals surface area contributed by atoms with Crippen molar-refractivity contribution < 1.29 is 4.79 Å². The number of carbonyl (C=O) groups is 1. The van der Waals surface area contributed by atoms with Crippen molar-refractivity contribution in [1.82, 2.24) is 24.3 Å². The van der Waals surface area contributed by atoms with Gasteiger partial charge < -0.3 is 4.90 Å². The highest BCUT2D eigenvalue weighted by atomic mass is 79.9. The summed E-state index contributed by atoms with van der Waals surface area (Å²) in [4.78, 5) is 15.2. The Morgan fingerprint density at radius 1 is 1.21 bits per heavy atom. The number of rotatable bonds is 2. The van der Waals surface area contributed by atoms with Crippen LogP contribution >= 0.6 is 15.9 Å². The molecule has 0 bridgehead atoms. The van der Waals surface area contributed by atoms with Crippen LogP contribution < -0.4 is 0 Å². The summed E-state index contributed by atoms with van der Waals surface area (Å²) < 4.78 is 4.48. The Morgan fingerprint density at radius 2 is 2.07 bits per heavy atom. The lowest BCUT2D eigenvalue weighted by Gasteiger charge is -2.35. The van der Waals surface area contributed by atoms with E-state index in [1.807, 2.05) is 53.4 Å². The molecule has 146 valence electrons. The van der Waals surface area contributed by atoms with Crippen molar-refractivity contribution in [3.63, 3.8) is 0 Å². The van der Waals surface area contributed by atoms with Crippen LogP contribution in [0.1, 0.15) is 34.6 Å². The lowest BCUT2D eigenvalue weighted by atomic mass is 9.88. The molecule has 0 spiro atoms. The van der Waals surface area contributed by atoms with E-state index in [0.717, 1.165) is 22.0 Å². The Hall–Kier alpha value is -2.93. The monoisotopic (exact) mass is 449 g/mol. The summed E-state index contributed by atoms with van der Waals surface area (Å²) in [5.41, 5.74) is 6.19. The van der Waals surface area contributed by atoms with E-state index in [9.17, 15) is 4.79 Å². The number of amides is 1. The number of aryl methyl sites for hydroxylation is 1. The fourth-order valence-electron chi connectivity index (χ4n) is 4.19. The second kappa shape index (κ2) is 6.84. The normalized spacial score (nSPS) is 16.2. The Bertz CT molecular complexity index is 1240. The van der Waals surface area contributed by atoms with E-state index in [1.54, 1.807) is 4.52 Å². The van der Waals surface area contributed by atoms with Crippen molar-refractivity contribution in [2.75, 3.05) is 6.54 Å². The van der Waals surface area contributed by atoms with Crippen LogP contribution in [0.25, 0.3) is 16.6 Å². The molecule has 0 saturated heterocycles. The lowest BCUT2D eigenvalue weighted by Crippen LogP contribution is -2.39. The zero-order valence-electron chi connectivity index (χ0n) is 16.2. The van der Waals surface area contributed by atoms with Gasteiger partial charge in [-0.05, 0) is 64.2 Å². The minimum atomic E-state index is -0.0326. The minimum Gasteiger partial charge on any atom is -0.330 e. The maximum absolute atomic E-state index is 13.3. The molecular weight excluding hydrogens is 430 g/mol. The zero-order chi connectivity index (χ0) is 20.1. The van der Waals surface area contributed by atoms with Gasteiger partial charge >= 0.3 is 0 Å². The first-order chi connectivity index (χ1) is 14.0. The molecule has 1 amide bonds. The molecule has 1 atom stereocenters. The van der Waals surface area contributed by atoms with Crippen LogP contribution in [-0.2, 0) is 13.5 Å². The molecular formula is C22H20BrN5O. The minimum absolute atomic E-state index is 0.0144. The van der Waals surface area contributed by atoms with Crippen LogP contribution in [0.4, 0.5) is 0 Å². The lowest BCUT2D eigenvalue weighted by molar-refractivity contribution is 0.0671. The average Bonchev–Trinajstić information content (AvgIpc) is 3.33. The first-order valence-electron chi connectivity index (χ1n) is 9.58. The van der Waals surface area contributed by atoms with Crippen LogP contribution in [0.3, 0.4) is 0 Å². The van der Waals surface area contributed by atoms with Crippen LogP contribution in [0.2, 0.25) is 0 Å². The van der Waals surface area contributed by atoms with Gasteiger partial charge in [-0.25, -0.2) is 4.52 Å². The van der Waals surface area contributed by atoms with Gasteiger partial charge in [0.15, 0.2) is 5.69 Å². The van der Waals surface area contributed by atoms with Crippen molar-refractivity contribution in [1.29, 1.82) is 0 Å². The number of hydrogen-bond acceptors (Lipinski definition) is 3. The Balaban J connectivity index is 1.49. The van der Waals surface area contributed by atoms with E-state index >= 15 is 0 Å². The molecule has 6 nitrogen and oxygen atoms in total. The van der Waals surface area contributed by atoms with E-state index in [0.29, 0.717) is 12.2 Å². The highest BCUT2D eigenvalue weighted by molar-refractivity contribution is 9.10. The van der Waals surface area contributed by atoms with E-state index in [-0.39, 0.29) is 11.9 Å². The van der Waals surface area contributed by atoms with Crippen molar-refractivity contribution in [2.45, 2.75) is 19.4 Å². The van der Waals surface area contributed by atoms with Gasteiger partial charge in [0.1, 0.15) is 0 Å². The number of fused-ring (bicyclic) bond motifs is 2. The zero-order valence-corrected chi connectivity index (χ0v) is 17.8. The summed E-state index contributed by atoms with van der Waals surface area (Å²) in [5.74, 6) is -0.0326. The Kier molecular flexibility index (Phi) is 4.28. The van der Waals surface area contributed by atoms with Crippen LogP contribution in [-0.4, -0.2) is 36.7 Å². The molecule has 0 fully saturated rings. The largest absolute Gasteiger partial charge is 0.330 e. The third-order valence-corrected chi connectivity index (χ3v) is 6.12. The third kappa shape index (κ3) is 3.06. The molecule has 3 aromatic heterocycles. The number of pyridine rings is 1. The van der Waals surface area contributed by atoms with Gasteiger partial charge in [0.05, 0.1) is 17.8 Å². The molecule has 1 aromatic carbocycles. The van der Waals surface area contributed by atoms with Crippen molar-refractivity contribution in [3.05, 3.63) is 76.3 Å². The number of hydrogen-bond donors (Lipinski definition) is 0. The summed E-state index contributed by atoms with van der Waals surface area (Å²) in [5, 5.41) is 8.80. The van der Waals surface area contributed by atoms with Crippen LogP contribution in [0.15, 0.2) is 59.5 Å². The first-order valence-corrected chi connectivity index (χ1v) is 10.4. The fourth-order valence-corrected chi connectivity index (χ4v) is 4.52. The SMILES string of the molecule is CC1c2cccc(-c3cnn(C)c3)c2CCN1C(=O)c1cc2ccc(Br)cn2n1. The molecule has 1 aliphatic rings. The predicted octanol–water partition coefficient (Wildman–Crippen LogP) is 4.26. The average molecular weight is 450 g/mol. The summed E-state index contributed by atoms with van der Waals surface area (Å²) in [6.07, 6.45) is 6.61. The highest BCUT2D eigenvalue weighted by Crippen LogP contribution is 2.36.